The summed E-state index contributed by atoms with van der Waals surface area (Å²) in [5.74, 6) is 0.361. The SMILES string of the molecule is Cc1cc(C(O)CCN2CCC(=O)CC2)ccc1Br. The molecule has 0 spiro atoms. The molecule has 0 amide bonds. The van der Waals surface area contributed by atoms with E-state index in [9.17, 15) is 9.90 Å². The highest BCUT2D eigenvalue weighted by atomic mass is 79.9. The number of rotatable bonds is 4. The molecule has 19 heavy (non-hydrogen) atoms. The molecule has 1 fully saturated rings. The first-order chi connectivity index (χ1) is 9.06. The average molecular weight is 326 g/mol. The summed E-state index contributed by atoms with van der Waals surface area (Å²) >= 11 is 3.46. The van der Waals surface area contributed by atoms with Gasteiger partial charge in [0.15, 0.2) is 0 Å². The molecular formula is C15H20BrNO2. The molecule has 1 aliphatic heterocycles. The molecule has 0 aliphatic carbocycles. The smallest absolute Gasteiger partial charge is 0.135 e. The van der Waals surface area contributed by atoms with Crippen molar-refractivity contribution in [3.8, 4) is 0 Å². The minimum Gasteiger partial charge on any atom is -0.388 e. The van der Waals surface area contributed by atoms with E-state index in [2.05, 4.69) is 20.8 Å². The number of aliphatic hydroxyl groups is 1. The molecule has 104 valence electrons. The molecule has 1 unspecified atom stereocenters. The normalized spacial score (nSPS) is 18.6. The van der Waals surface area contributed by atoms with Gasteiger partial charge in [-0.15, -0.1) is 0 Å². The van der Waals surface area contributed by atoms with Gasteiger partial charge in [0.1, 0.15) is 5.78 Å². The summed E-state index contributed by atoms with van der Waals surface area (Å²) in [5.41, 5.74) is 2.11. The molecule has 3 nitrogen and oxygen atoms in total. The fraction of sp³-hybridized carbons (Fsp3) is 0.533. The number of carbonyl (C=O) groups excluding carboxylic acids is 1. The van der Waals surface area contributed by atoms with E-state index in [4.69, 9.17) is 0 Å². The number of piperidine rings is 1. The second-order valence-corrected chi connectivity index (χ2v) is 6.05. The van der Waals surface area contributed by atoms with Crippen LogP contribution in [0.25, 0.3) is 0 Å². The first-order valence-corrected chi connectivity index (χ1v) is 7.54. The monoisotopic (exact) mass is 325 g/mol. The lowest BCUT2D eigenvalue weighted by molar-refractivity contribution is -0.121. The minimum atomic E-state index is -0.426. The van der Waals surface area contributed by atoms with Gasteiger partial charge in [-0.3, -0.25) is 4.79 Å². The molecule has 0 radical (unpaired) electrons. The Hall–Kier alpha value is -0.710. The Kier molecular flexibility index (Phi) is 5.13. The van der Waals surface area contributed by atoms with Gasteiger partial charge >= 0.3 is 0 Å². The van der Waals surface area contributed by atoms with E-state index < -0.39 is 6.10 Å². The lowest BCUT2D eigenvalue weighted by Crippen LogP contribution is -2.35. The van der Waals surface area contributed by atoms with Crippen LogP contribution in [0.4, 0.5) is 0 Å². The van der Waals surface area contributed by atoms with Crippen LogP contribution in [-0.2, 0) is 4.79 Å². The van der Waals surface area contributed by atoms with Crippen LogP contribution >= 0.6 is 15.9 Å². The minimum absolute atomic E-state index is 0.361. The summed E-state index contributed by atoms with van der Waals surface area (Å²) in [6.45, 7) is 4.55. The van der Waals surface area contributed by atoms with Crippen LogP contribution in [0.3, 0.4) is 0 Å². The number of nitrogens with zero attached hydrogens (tertiary/aromatic N) is 1. The van der Waals surface area contributed by atoms with Crippen LogP contribution in [-0.4, -0.2) is 35.4 Å². The van der Waals surface area contributed by atoms with Crippen molar-refractivity contribution in [2.45, 2.75) is 32.3 Å². The fourth-order valence-corrected chi connectivity index (χ4v) is 2.62. The molecule has 1 aromatic rings. The van der Waals surface area contributed by atoms with E-state index in [0.717, 1.165) is 41.7 Å². The van der Waals surface area contributed by atoms with E-state index >= 15 is 0 Å². The Balaban J connectivity index is 1.85. The molecule has 1 aromatic carbocycles. The Morgan fingerprint density at radius 2 is 2.05 bits per heavy atom. The van der Waals surface area contributed by atoms with Crippen LogP contribution < -0.4 is 0 Å². The third-order valence-corrected chi connectivity index (χ3v) is 4.59. The summed E-state index contributed by atoms with van der Waals surface area (Å²) in [7, 11) is 0. The van der Waals surface area contributed by atoms with E-state index in [1.807, 2.05) is 25.1 Å². The average Bonchev–Trinajstić information content (AvgIpc) is 2.41. The van der Waals surface area contributed by atoms with Crippen molar-refractivity contribution in [1.82, 2.24) is 4.90 Å². The van der Waals surface area contributed by atoms with Crippen molar-refractivity contribution in [2.24, 2.45) is 0 Å². The van der Waals surface area contributed by atoms with Gasteiger partial charge in [0, 0.05) is 36.9 Å². The lowest BCUT2D eigenvalue weighted by Gasteiger charge is -2.26. The summed E-state index contributed by atoms with van der Waals surface area (Å²) in [5, 5.41) is 10.2. The number of ketones is 1. The molecule has 0 bridgehead atoms. The number of hydrogen-bond acceptors (Lipinski definition) is 3. The third kappa shape index (κ3) is 4.13. The van der Waals surface area contributed by atoms with Crippen molar-refractivity contribution in [2.75, 3.05) is 19.6 Å². The number of aliphatic hydroxyl groups excluding tert-OH is 1. The highest BCUT2D eigenvalue weighted by Gasteiger charge is 2.17. The molecule has 1 heterocycles. The summed E-state index contributed by atoms with van der Waals surface area (Å²) in [4.78, 5) is 13.4. The maximum Gasteiger partial charge on any atom is 0.135 e. The van der Waals surface area contributed by atoms with Crippen LogP contribution in [0.5, 0.6) is 0 Å². The zero-order valence-electron chi connectivity index (χ0n) is 11.2. The van der Waals surface area contributed by atoms with E-state index in [-0.39, 0.29) is 0 Å². The second-order valence-electron chi connectivity index (χ2n) is 5.19. The summed E-state index contributed by atoms with van der Waals surface area (Å²) in [6, 6.07) is 5.96. The number of aryl methyl sites for hydroxylation is 1. The van der Waals surface area contributed by atoms with Gasteiger partial charge in [0.05, 0.1) is 6.10 Å². The highest BCUT2D eigenvalue weighted by Crippen LogP contribution is 2.23. The molecule has 0 saturated carbocycles. The van der Waals surface area contributed by atoms with Crippen LogP contribution in [0.1, 0.15) is 36.5 Å². The Labute approximate surface area is 122 Å². The van der Waals surface area contributed by atoms with Crippen LogP contribution in [0.15, 0.2) is 22.7 Å². The molecule has 1 aliphatic rings. The predicted molar refractivity (Wildman–Crippen MR) is 79.1 cm³/mol. The topological polar surface area (TPSA) is 40.5 Å². The van der Waals surface area contributed by atoms with E-state index in [0.29, 0.717) is 18.6 Å². The Morgan fingerprint density at radius 1 is 1.37 bits per heavy atom. The van der Waals surface area contributed by atoms with Gasteiger partial charge in [0.25, 0.3) is 0 Å². The number of benzene rings is 1. The van der Waals surface area contributed by atoms with Crippen LogP contribution in [0.2, 0.25) is 0 Å². The molecule has 1 saturated heterocycles. The third-order valence-electron chi connectivity index (χ3n) is 3.70. The largest absolute Gasteiger partial charge is 0.388 e. The molecule has 0 aromatic heterocycles. The van der Waals surface area contributed by atoms with Crippen molar-refractivity contribution in [3.05, 3.63) is 33.8 Å². The van der Waals surface area contributed by atoms with Gasteiger partial charge in [-0.2, -0.15) is 0 Å². The van der Waals surface area contributed by atoms with Gasteiger partial charge in [0.2, 0.25) is 0 Å². The van der Waals surface area contributed by atoms with Gasteiger partial charge in [-0.05, 0) is 30.5 Å². The van der Waals surface area contributed by atoms with Gasteiger partial charge in [-0.1, -0.05) is 28.1 Å². The molecule has 1 N–H and O–H groups in total. The van der Waals surface area contributed by atoms with E-state index in [1.165, 1.54) is 0 Å². The number of likely N-dealkylation sites (tertiary alicyclic amines) is 1. The number of Topliss-reactive ketones (excluding diaryl/α,β-unsaturated/α-hetero) is 1. The molecule has 1 atom stereocenters. The van der Waals surface area contributed by atoms with E-state index in [1.54, 1.807) is 0 Å². The van der Waals surface area contributed by atoms with Gasteiger partial charge in [-0.25, -0.2) is 0 Å². The van der Waals surface area contributed by atoms with Crippen molar-refractivity contribution in [3.63, 3.8) is 0 Å². The maximum absolute atomic E-state index is 11.2. The maximum atomic E-state index is 11.2. The van der Waals surface area contributed by atoms with Gasteiger partial charge < -0.3 is 10.0 Å². The zero-order valence-corrected chi connectivity index (χ0v) is 12.8. The highest BCUT2D eigenvalue weighted by molar-refractivity contribution is 9.10. The quantitative estimate of drug-likeness (QED) is 0.925. The van der Waals surface area contributed by atoms with Crippen molar-refractivity contribution in [1.29, 1.82) is 0 Å². The number of halogens is 1. The molecule has 2 rings (SSSR count). The van der Waals surface area contributed by atoms with Crippen molar-refractivity contribution >= 4 is 21.7 Å². The Bertz CT molecular complexity index is 451. The summed E-state index contributed by atoms with van der Waals surface area (Å²) in [6.07, 6.45) is 1.61. The second kappa shape index (κ2) is 6.64. The first kappa shape index (κ1) is 14.7. The number of carbonyl (C=O) groups is 1. The standard InChI is InChI=1S/C15H20BrNO2/c1-11-10-12(2-3-14(11)16)15(19)6-9-17-7-4-13(18)5-8-17/h2-3,10,15,19H,4-9H2,1H3. The first-order valence-electron chi connectivity index (χ1n) is 6.74. The van der Waals surface area contributed by atoms with Crippen LogP contribution in [0, 0.1) is 6.92 Å². The predicted octanol–water partition coefficient (Wildman–Crippen LogP) is 2.85. The fourth-order valence-electron chi connectivity index (χ4n) is 2.37. The Morgan fingerprint density at radius 3 is 2.68 bits per heavy atom. The number of hydrogen-bond donors (Lipinski definition) is 1. The van der Waals surface area contributed by atoms with Crippen molar-refractivity contribution < 1.29 is 9.90 Å². The zero-order chi connectivity index (χ0) is 13.8. The summed E-state index contributed by atoms with van der Waals surface area (Å²) < 4.78 is 1.07. The lowest BCUT2D eigenvalue weighted by atomic mass is 10.0. The molecular weight excluding hydrogens is 306 g/mol. The molecule has 4 heteroatoms.